The lowest BCUT2D eigenvalue weighted by atomic mass is 9.89. The quantitative estimate of drug-likeness (QED) is 0.614. The van der Waals surface area contributed by atoms with Gasteiger partial charge in [-0.05, 0) is 54.0 Å². The highest BCUT2D eigenvalue weighted by Crippen LogP contribution is 2.38. The van der Waals surface area contributed by atoms with Gasteiger partial charge in [0.25, 0.3) is 0 Å². The van der Waals surface area contributed by atoms with E-state index in [1.54, 1.807) is 12.1 Å². The zero-order valence-electron chi connectivity index (χ0n) is 18.3. The summed E-state index contributed by atoms with van der Waals surface area (Å²) in [6, 6.07) is 15.4. The van der Waals surface area contributed by atoms with Crippen LogP contribution in [0.2, 0.25) is 0 Å². The number of halogens is 1. The molecule has 1 amide bonds. The molecule has 0 saturated carbocycles. The maximum absolute atomic E-state index is 13.2. The van der Waals surface area contributed by atoms with E-state index in [0.717, 1.165) is 33.7 Å². The van der Waals surface area contributed by atoms with Crippen LogP contribution >= 0.6 is 0 Å². The number of allylic oxidation sites excluding steroid dienone is 2. The molecule has 0 aromatic heterocycles. The highest BCUT2D eigenvalue weighted by molar-refractivity contribution is 6.06. The first-order valence-electron chi connectivity index (χ1n) is 11.0. The van der Waals surface area contributed by atoms with E-state index in [2.05, 4.69) is 34.2 Å². The number of benzene rings is 2. The maximum atomic E-state index is 13.2. The lowest BCUT2D eigenvalue weighted by Crippen LogP contribution is -2.58. The molecule has 1 unspecified atom stereocenters. The van der Waals surface area contributed by atoms with Crippen molar-refractivity contribution in [2.75, 3.05) is 0 Å². The number of phenols is 1. The van der Waals surface area contributed by atoms with Crippen LogP contribution in [0.25, 0.3) is 5.70 Å². The minimum absolute atomic E-state index is 0.126. The van der Waals surface area contributed by atoms with Crippen molar-refractivity contribution in [3.63, 3.8) is 0 Å². The number of hydrogen-bond donors (Lipinski definition) is 3. The Morgan fingerprint density at radius 3 is 2.79 bits per heavy atom. The highest BCUT2D eigenvalue weighted by Gasteiger charge is 2.39. The van der Waals surface area contributed by atoms with Gasteiger partial charge in [-0.25, -0.2) is 9.38 Å². The molecule has 2 aromatic carbocycles. The van der Waals surface area contributed by atoms with Gasteiger partial charge in [0.15, 0.2) is 5.83 Å². The molecule has 0 radical (unpaired) electrons. The Morgan fingerprint density at radius 1 is 1.21 bits per heavy atom. The summed E-state index contributed by atoms with van der Waals surface area (Å²) < 4.78 is 13.2. The van der Waals surface area contributed by atoms with Crippen molar-refractivity contribution in [2.24, 2.45) is 4.99 Å². The van der Waals surface area contributed by atoms with Crippen molar-refractivity contribution in [3.05, 3.63) is 93.8 Å². The van der Waals surface area contributed by atoms with Gasteiger partial charge in [0, 0.05) is 24.8 Å². The Kier molecular flexibility index (Phi) is 5.26. The molecule has 5 rings (SSSR count). The molecule has 166 valence electrons. The largest absolute Gasteiger partial charge is 0.508 e. The first-order valence-corrected chi connectivity index (χ1v) is 11.0. The van der Waals surface area contributed by atoms with Crippen LogP contribution in [-0.2, 0) is 17.6 Å². The molecular formula is C27H24FN3O2. The van der Waals surface area contributed by atoms with Gasteiger partial charge in [0.05, 0.1) is 23.4 Å². The molecule has 5 nitrogen and oxygen atoms in total. The first-order chi connectivity index (χ1) is 15.9. The number of phenolic OH excluding ortho intramolecular Hbond substituents is 1. The SMILES string of the molecule is CC1(Cc2ccccc2)NC2=C(Cc3cc(O)ccc32)N=C1NC(=O)CC1=C=C=C(F)CC1. The number of nitrogens with zero attached hydrogens (tertiary/aromatic N) is 1. The van der Waals surface area contributed by atoms with Crippen molar-refractivity contribution in [3.8, 4) is 5.75 Å². The topological polar surface area (TPSA) is 73.7 Å². The van der Waals surface area contributed by atoms with Crippen molar-refractivity contribution < 1.29 is 14.3 Å². The Hall–Kier alpha value is -3.85. The van der Waals surface area contributed by atoms with Gasteiger partial charge in [-0.3, -0.25) is 4.79 Å². The van der Waals surface area contributed by atoms with Crippen LogP contribution in [0.15, 0.2) is 82.1 Å². The van der Waals surface area contributed by atoms with Gasteiger partial charge in [-0.15, -0.1) is 0 Å². The average Bonchev–Trinajstić information content (AvgIpc) is 3.12. The van der Waals surface area contributed by atoms with E-state index in [9.17, 15) is 14.3 Å². The molecule has 0 fully saturated rings. The van der Waals surface area contributed by atoms with E-state index in [4.69, 9.17) is 4.99 Å². The summed E-state index contributed by atoms with van der Waals surface area (Å²) in [5.41, 5.74) is 10.2. The molecule has 0 spiro atoms. The summed E-state index contributed by atoms with van der Waals surface area (Å²) in [7, 11) is 0. The second-order valence-electron chi connectivity index (χ2n) is 8.90. The van der Waals surface area contributed by atoms with Crippen molar-refractivity contribution >= 4 is 17.4 Å². The van der Waals surface area contributed by atoms with E-state index in [1.165, 1.54) is 0 Å². The van der Waals surface area contributed by atoms with Crippen LogP contribution in [0.3, 0.4) is 0 Å². The van der Waals surface area contributed by atoms with Crippen LogP contribution in [0.4, 0.5) is 4.39 Å². The lowest BCUT2D eigenvalue weighted by Gasteiger charge is -2.37. The molecule has 3 N–H and O–H groups in total. The number of fused-ring (bicyclic) bond motifs is 2. The summed E-state index contributed by atoms with van der Waals surface area (Å²) in [5, 5.41) is 16.6. The van der Waals surface area contributed by atoms with Crippen molar-refractivity contribution in [1.82, 2.24) is 10.6 Å². The first kappa shape index (κ1) is 21.0. The average molecular weight is 442 g/mol. The standard InChI is InChI=1S/C27H24FN3O2/c1-27(16-18-5-3-2-4-6-18)26(30-24(33)13-17-7-9-20(28)10-8-17)29-23-15-19-14-21(32)11-12-22(19)25(23)31-27/h2-6,11-12,14,31-32H,7,9,13,15-16H2,1H3,(H,29,30,33). The normalized spacial score (nSPS) is 20.8. The molecule has 3 aliphatic rings. The fourth-order valence-electron chi connectivity index (χ4n) is 4.57. The summed E-state index contributed by atoms with van der Waals surface area (Å²) in [4.78, 5) is 17.8. The summed E-state index contributed by atoms with van der Waals surface area (Å²) >= 11 is 0. The smallest absolute Gasteiger partial charge is 0.230 e. The minimum atomic E-state index is -0.655. The van der Waals surface area contributed by atoms with Crippen molar-refractivity contribution in [1.29, 1.82) is 0 Å². The van der Waals surface area contributed by atoms with Crippen LogP contribution in [0.1, 0.15) is 42.9 Å². The van der Waals surface area contributed by atoms with Gasteiger partial charge in [0.2, 0.25) is 5.91 Å². The molecule has 6 heteroatoms. The number of nitrogens with one attached hydrogen (secondary N) is 2. The Morgan fingerprint density at radius 2 is 2.03 bits per heavy atom. The van der Waals surface area contributed by atoms with Gasteiger partial charge in [0.1, 0.15) is 11.6 Å². The second-order valence-corrected chi connectivity index (χ2v) is 8.90. The number of rotatable bonds is 4. The predicted octanol–water partition coefficient (Wildman–Crippen LogP) is 4.45. The number of aromatic hydroxyl groups is 1. The van der Waals surface area contributed by atoms with Gasteiger partial charge in [-0.2, -0.15) is 0 Å². The van der Waals surface area contributed by atoms with E-state index >= 15 is 0 Å². The molecule has 33 heavy (non-hydrogen) atoms. The second kappa shape index (κ2) is 8.25. The molecule has 1 heterocycles. The summed E-state index contributed by atoms with van der Waals surface area (Å²) in [6.45, 7) is 2.03. The van der Waals surface area contributed by atoms with E-state index in [0.29, 0.717) is 25.1 Å². The molecule has 0 saturated heterocycles. The fraction of sp³-hybridized carbons (Fsp3) is 0.259. The van der Waals surface area contributed by atoms with Crippen LogP contribution < -0.4 is 10.6 Å². The Balaban J connectivity index is 1.46. The number of aliphatic imine (C=N–C) groups is 1. The summed E-state index contributed by atoms with van der Waals surface area (Å²) in [6.07, 6.45) is 2.04. The number of amides is 1. The molecule has 2 aliphatic carbocycles. The van der Waals surface area contributed by atoms with Crippen LogP contribution in [-0.4, -0.2) is 22.4 Å². The predicted molar refractivity (Wildman–Crippen MR) is 125 cm³/mol. The number of carbonyl (C=O) groups is 1. The number of carbonyl (C=O) groups excluding carboxylic acids is 1. The third-order valence-electron chi connectivity index (χ3n) is 6.23. The zero-order chi connectivity index (χ0) is 23.0. The third-order valence-corrected chi connectivity index (χ3v) is 6.23. The van der Waals surface area contributed by atoms with E-state index in [1.807, 2.05) is 31.2 Å². The van der Waals surface area contributed by atoms with Crippen LogP contribution in [0, 0.1) is 0 Å². The zero-order valence-corrected chi connectivity index (χ0v) is 18.3. The number of amidine groups is 1. The van der Waals surface area contributed by atoms with Crippen molar-refractivity contribution in [2.45, 2.75) is 44.6 Å². The molecular weight excluding hydrogens is 417 g/mol. The Labute approximate surface area is 191 Å². The van der Waals surface area contributed by atoms with Crippen LogP contribution in [0.5, 0.6) is 5.75 Å². The summed E-state index contributed by atoms with van der Waals surface area (Å²) in [5.74, 6) is 0.229. The number of hydrogen-bond acceptors (Lipinski definition) is 4. The van der Waals surface area contributed by atoms with E-state index < -0.39 is 5.54 Å². The Bertz CT molecular complexity index is 1310. The van der Waals surface area contributed by atoms with Gasteiger partial charge >= 0.3 is 0 Å². The molecule has 0 bridgehead atoms. The molecule has 2 aromatic rings. The third kappa shape index (κ3) is 4.27. The van der Waals surface area contributed by atoms with E-state index in [-0.39, 0.29) is 30.3 Å². The van der Waals surface area contributed by atoms with Gasteiger partial charge < -0.3 is 15.7 Å². The lowest BCUT2D eigenvalue weighted by molar-refractivity contribution is -0.119. The monoisotopic (exact) mass is 441 g/mol. The van der Waals surface area contributed by atoms with Gasteiger partial charge in [-0.1, -0.05) is 36.1 Å². The fourth-order valence-corrected chi connectivity index (χ4v) is 4.57. The minimum Gasteiger partial charge on any atom is -0.508 e. The highest BCUT2D eigenvalue weighted by atomic mass is 19.1. The molecule has 1 atom stereocenters. The molecule has 1 aliphatic heterocycles. The maximum Gasteiger partial charge on any atom is 0.230 e.